The molecule has 5 aliphatic rings. The molecule has 21 atom stereocenters. The third kappa shape index (κ3) is 3.85. The Bertz CT molecular complexity index is 775. The van der Waals surface area contributed by atoms with Gasteiger partial charge in [-0.2, -0.15) is 0 Å². The van der Waals surface area contributed by atoms with E-state index in [-0.39, 0.29) is 0 Å². The van der Waals surface area contributed by atoms with Gasteiger partial charge in [0.1, 0.15) is 0 Å². The van der Waals surface area contributed by atoms with Crippen molar-refractivity contribution >= 4 is 0 Å². The fourth-order valence-corrected chi connectivity index (χ4v) is 13.5. The summed E-state index contributed by atoms with van der Waals surface area (Å²) in [4.78, 5) is 0. The molecule has 0 nitrogen and oxygen atoms in total. The smallest absolute Gasteiger partial charge is 0.0318 e. The van der Waals surface area contributed by atoms with Gasteiger partial charge in [-0.15, -0.1) is 0 Å². The van der Waals surface area contributed by atoms with Crippen molar-refractivity contribution in [2.45, 2.75) is 103 Å². The second-order valence-electron chi connectivity index (χ2n) is 17.1. The number of hydrogen-bond donors (Lipinski definition) is 0. The summed E-state index contributed by atoms with van der Waals surface area (Å²) in [6, 6.07) is 0. The highest BCUT2D eigenvalue weighted by molar-refractivity contribution is 5.12. The molecule has 214 valence electrons. The van der Waals surface area contributed by atoms with Gasteiger partial charge in [-0.25, -0.2) is 0 Å². The first-order valence-corrected chi connectivity index (χ1v) is 17.2. The Labute approximate surface area is 233 Å². The highest BCUT2D eigenvalue weighted by Crippen LogP contribution is 2.69. The van der Waals surface area contributed by atoms with Gasteiger partial charge >= 0.3 is 0 Å². The van der Waals surface area contributed by atoms with Gasteiger partial charge in [0.25, 0.3) is 0 Å². The Hall–Kier alpha value is 0. The topological polar surface area (TPSA) is 0 Å². The summed E-state index contributed by atoms with van der Waals surface area (Å²) < 4.78 is 0. The van der Waals surface area contributed by atoms with Crippen LogP contribution in [0.4, 0.5) is 0 Å². The van der Waals surface area contributed by atoms with Crippen molar-refractivity contribution in [1.82, 2.24) is 0 Å². The molecule has 5 rings (SSSR count). The van der Waals surface area contributed by atoms with Gasteiger partial charge < -0.3 is 0 Å². The van der Waals surface area contributed by atoms with Crippen molar-refractivity contribution in [1.29, 1.82) is 0 Å². The quantitative estimate of drug-likeness (QED) is 0.346. The normalized spacial score (nSPS) is 65.7. The molecule has 0 aromatic heterocycles. The third-order valence-electron chi connectivity index (χ3n) is 17.0. The SMILES string of the molecule is CC1C(C)C(C)C2C(CC3C4C(C)C(C)C(C)C(C)C4C4C(C)C(C)C(C)C(C)C34)C(C)C(C)C2C1C. The molecule has 37 heavy (non-hydrogen) atoms. The van der Waals surface area contributed by atoms with Crippen LogP contribution >= 0.6 is 0 Å². The van der Waals surface area contributed by atoms with Crippen LogP contribution in [0.25, 0.3) is 0 Å². The minimum atomic E-state index is 0.876. The Morgan fingerprint density at radius 1 is 0.216 bits per heavy atom. The lowest BCUT2D eigenvalue weighted by atomic mass is 9.53. The van der Waals surface area contributed by atoms with Gasteiger partial charge in [0.05, 0.1) is 0 Å². The molecular formula is C37H66. The van der Waals surface area contributed by atoms with Gasteiger partial charge in [-0.1, -0.05) is 96.9 Å². The van der Waals surface area contributed by atoms with E-state index in [1.165, 1.54) is 0 Å². The molecule has 0 saturated heterocycles. The molecule has 0 aromatic carbocycles. The van der Waals surface area contributed by atoms with E-state index in [1.54, 1.807) is 6.42 Å². The zero-order valence-corrected chi connectivity index (χ0v) is 27.4. The fraction of sp³-hybridized carbons (Fsp3) is 1.00. The van der Waals surface area contributed by atoms with Gasteiger partial charge in [-0.05, 0) is 137 Å². The highest BCUT2D eigenvalue weighted by Gasteiger charge is 2.64. The molecule has 0 radical (unpaired) electrons. The zero-order valence-electron chi connectivity index (χ0n) is 27.4. The molecule has 5 saturated carbocycles. The fourth-order valence-electron chi connectivity index (χ4n) is 13.5. The minimum absolute atomic E-state index is 0.876. The van der Waals surface area contributed by atoms with Crippen LogP contribution in [0.5, 0.6) is 0 Å². The Morgan fingerprint density at radius 3 is 0.811 bits per heavy atom. The van der Waals surface area contributed by atoms with E-state index < -0.39 is 0 Å². The molecule has 0 heterocycles. The van der Waals surface area contributed by atoms with Crippen molar-refractivity contribution in [2.24, 2.45) is 130 Å². The molecule has 0 heteroatoms. The Morgan fingerprint density at radius 2 is 0.459 bits per heavy atom. The first kappa shape index (κ1) is 28.5. The summed E-state index contributed by atoms with van der Waals surface area (Å²) >= 11 is 0. The molecule has 0 amide bonds. The summed E-state index contributed by atoms with van der Waals surface area (Å²) in [6.45, 7) is 37.1. The van der Waals surface area contributed by atoms with Crippen molar-refractivity contribution in [2.75, 3.05) is 0 Å². The van der Waals surface area contributed by atoms with Gasteiger partial charge in [0, 0.05) is 0 Å². The summed E-state index contributed by atoms with van der Waals surface area (Å²) in [5.41, 5.74) is 0. The summed E-state index contributed by atoms with van der Waals surface area (Å²) in [5, 5.41) is 0. The number of rotatable bonds is 2. The number of fused-ring (bicyclic) bond motifs is 4. The minimum Gasteiger partial charge on any atom is -0.0620 e. The van der Waals surface area contributed by atoms with Gasteiger partial charge in [0.2, 0.25) is 0 Å². The molecule has 5 fully saturated rings. The van der Waals surface area contributed by atoms with Crippen LogP contribution in [-0.2, 0) is 0 Å². The van der Waals surface area contributed by atoms with Crippen LogP contribution < -0.4 is 0 Å². The first-order chi connectivity index (χ1) is 17.2. The van der Waals surface area contributed by atoms with Crippen LogP contribution in [0.15, 0.2) is 0 Å². The Kier molecular flexibility index (Phi) is 7.57. The first-order valence-electron chi connectivity index (χ1n) is 17.2. The molecule has 0 aromatic rings. The largest absolute Gasteiger partial charge is 0.0620 e. The van der Waals surface area contributed by atoms with Crippen LogP contribution in [0.3, 0.4) is 0 Å². The molecular weight excluding hydrogens is 444 g/mol. The molecule has 0 N–H and O–H groups in total. The lowest BCUT2D eigenvalue weighted by Gasteiger charge is -2.51. The van der Waals surface area contributed by atoms with Crippen LogP contribution in [-0.4, -0.2) is 0 Å². The third-order valence-corrected chi connectivity index (χ3v) is 17.0. The van der Waals surface area contributed by atoms with E-state index in [9.17, 15) is 0 Å². The standard InChI is InChI=1S/C37H66/c1-16-17(2)24(9)33-30(22(7)29(14)32(33)23(16)8)15-31-34-25(10)18(3)20(5)27(12)36(34)37-28(13)21(6)19(4)26(11)35(31)37/h16-37H,15H2,1-14H3. The molecule has 5 aliphatic carbocycles. The average molecular weight is 511 g/mol. The van der Waals surface area contributed by atoms with Gasteiger partial charge in [0.15, 0.2) is 0 Å². The van der Waals surface area contributed by atoms with Crippen LogP contribution in [0, 0.1) is 130 Å². The zero-order chi connectivity index (χ0) is 27.4. The molecule has 0 spiro atoms. The summed E-state index contributed by atoms with van der Waals surface area (Å²) in [7, 11) is 0. The van der Waals surface area contributed by atoms with E-state index in [0.29, 0.717) is 0 Å². The van der Waals surface area contributed by atoms with E-state index in [4.69, 9.17) is 0 Å². The van der Waals surface area contributed by atoms with Crippen LogP contribution in [0.1, 0.15) is 103 Å². The van der Waals surface area contributed by atoms with E-state index in [1.807, 2.05) is 0 Å². The van der Waals surface area contributed by atoms with Gasteiger partial charge in [-0.3, -0.25) is 0 Å². The molecule has 0 bridgehead atoms. The maximum absolute atomic E-state index is 2.70. The lowest BCUT2D eigenvalue weighted by Crippen LogP contribution is -2.46. The van der Waals surface area contributed by atoms with Crippen molar-refractivity contribution in [3.8, 4) is 0 Å². The maximum atomic E-state index is 2.70. The lowest BCUT2D eigenvalue weighted by molar-refractivity contribution is -0.0377. The second kappa shape index (κ2) is 9.82. The van der Waals surface area contributed by atoms with Crippen molar-refractivity contribution in [3.63, 3.8) is 0 Å². The summed E-state index contributed by atoms with van der Waals surface area (Å²) in [5.74, 6) is 20.1. The molecule has 0 aliphatic heterocycles. The Balaban J connectivity index is 1.56. The van der Waals surface area contributed by atoms with E-state index >= 15 is 0 Å². The molecule has 21 unspecified atom stereocenters. The summed E-state index contributed by atoms with van der Waals surface area (Å²) in [6.07, 6.45) is 1.56. The maximum Gasteiger partial charge on any atom is -0.0318 e. The van der Waals surface area contributed by atoms with Crippen molar-refractivity contribution < 1.29 is 0 Å². The number of hydrogen-bond acceptors (Lipinski definition) is 0. The predicted molar refractivity (Wildman–Crippen MR) is 161 cm³/mol. The van der Waals surface area contributed by atoms with Crippen LogP contribution in [0.2, 0.25) is 0 Å². The van der Waals surface area contributed by atoms with E-state index in [0.717, 1.165) is 130 Å². The monoisotopic (exact) mass is 511 g/mol. The second-order valence-corrected chi connectivity index (χ2v) is 17.1. The van der Waals surface area contributed by atoms with E-state index in [2.05, 4.69) is 96.9 Å². The predicted octanol–water partition coefficient (Wildman–Crippen LogP) is 10.3. The average Bonchev–Trinajstić information content (AvgIpc) is 3.33. The van der Waals surface area contributed by atoms with Crippen molar-refractivity contribution in [3.05, 3.63) is 0 Å². The highest BCUT2D eigenvalue weighted by atomic mass is 14.7.